The summed E-state index contributed by atoms with van der Waals surface area (Å²) in [6.07, 6.45) is -0.794. The molecule has 71 valence electrons. The van der Waals surface area contributed by atoms with Gasteiger partial charge in [0, 0.05) is 10.5 Å². The van der Waals surface area contributed by atoms with Crippen LogP contribution < -0.4 is 4.74 Å². The van der Waals surface area contributed by atoms with Crippen LogP contribution in [0, 0.1) is 6.07 Å². The van der Waals surface area contributed by atoms with Gasteiger partial charge in [0.05, 0.1) is 6.61 Å². The smallest absolute Gasteiger partial charge is 0.150 e. The Morgan fingerprint density at radius 3 is 2.85 bits per heavy atom. The SMILES string of the molecule is OC[C@H](CF)Oc1[c]cc(Br)cc1. The average molecular weight is 248 g/mol. The predicted octanol–water partition coefficient (Wildman–Crippen LogP) is 1.96. The molecule has 1 N–H and O–H groups in total. The third-order valence-electron chi connectivity index (χ3n) is 1.42. The minimum absolute atomic E-state index is 0.333. The summed E-state index contributed by atoms with van der Waals surface area (Å²) in [6.45, 7) is -1.04. The van der Waals surface area contributed by atoms with E-state index in [1.54, 1.807) is 18.2 Å². The van der Waals surface area contributed by atoms with E-state index >= 15 is 0 Å². The molecule has 13 heavy (non-hydrogen) atoms. The van der Waals surface area contributed by atoms with E-state index in [1.165, 1.54) is 0 Å². The number of hydrogen-bond acceptors (Lipinski definition) is 2. The molecule has 4 heteroatoms. The molecule has 0 bridgehead atoms. The molecule has 0 fully saturated rings. The molecule has 0 aliphatic carbocycles. The number of halogens is 2. The van der Waals surface area contributed by atoms with Crippen LogP contribution in [0.5, 0.6) is 5.75 Å². The molecule has 0 amide bonds. The van der Waals surface area contributed by atoms with Crippen molar-refractivity contribution < 1.29 is 14.2 Å². The maximum absolute atomic E-state index is 12.1. The Labute approximate surface area is 84.5 Å². The van der Waals surface area contributed by atoms with Gasteiger partial charge in [0.15, 0.2) is 0 Å². The molecular formula is C9H9BrFO2. The van der Waals surface area contributed by atoms with Gasteiger partial charge in [-0.25, -0.2) is 4.39 Å². The van der Waals surface area contributed by atoms with E-state index in [1.807, 2.05) is 0 Å². The van der Waals surface area contributed by atoms with E-state index < -0.39 is 12.8 Å². The Bertz CT molecular complexity index is 246. The quantitative estimate of drug-likeness (QED) is 0.882. The standard InChI is InChI=1S/C9H9BrFO2/c10-7-1-3-8(4-2-7)13-9(5-11)6-12/h1-3,9,12H,5-6H2/t9-/m0/s1. The van der Waals surface area contributed by atoms with Crippen LogP contribution in [0.4, 0.5) is 4.39 Å². The molecule has 0 heterocycles. The van der Waals surface area contributed by atoms with Crippen LogP contribution in [-0.4, -0.2) is 24.5 Å². The summed E-state index contributed by atoms with van der Waals surface area (Å²) in [5.74, 6) is 0.430. The van der Waals surface area contributed by atoms with Gasteiger partial charge >= 0.3 is 0 Å². The van der Waals surface area contributed by atoms with Crippen molar-refractivity contribution in [3.8, 4) is 5.75 Å². The number of benzene rings is 1. The van der Waals surface area contributed by atoms with Gasteiger partial charge in [0.25, 0.3) is 0 Å². The molecule has 0 spiro atoms. The lowest BCUT2D eigenvalue weighted by atomic mass is 10.3. The number of hydrogen-bond donors (Lipinski definition) is 1. The summed E-state index contributed by atoms with van der Waals surface area (Å²) in [5, 5.41) is 8.65. The Kier molecular flexibility index (Phi) is 4.18. The lowest BCUT2D eigenvalue weighted by Crippen LogP contribution is -2.23. The molecule has 1 aromatic carbocycles. The fraction of sp³-hybridized carbons (Fsp3) is 0.333. The van der Waals surface area contributed by atoms with Gasteiger partial charge in [-0.05, 0) is 18.2 Å². The first kappa shape index (κ1) is 10.5. The minimum atomic E-state index is -0.794. The van der Waals surface area contributed by atoms with Crippen molar-refractivity contribution in [1.29, 1.82) is 0 Å². The third-order valence-corrected chi connectivity index (χ3v) is 1.91. The molecule has 1 radical (unpaired) electrons. The first-order valence-corrected chi connectivity index (χ1v) is 4.56. The number of aliphatic hydroxyl groups is 1. The second kappa shape index (κ2) is 5.19. The zero-order chi connectivity index (χ0) is 9.68. The molecule has 1 rings (SSSR count). The van der Waals surface area contributed by atoms with Gasteiger partial charge < -0.3 is 9.84 Å². The molecule has 0 unspecified atom stereocenters. The number of ether oxygens (including phenoxy) is 1. The molecule has 1 aromatic rings. The van der Waals surface area contributed by atoms with E-state index in [0.717, 1.165) is 4.47 Å². The first-order valence-electron chi connectivity index (χ1n) is 3.77. The number of rotatable bonds is 4. The first-order chi connectivity index (χ1) is 6.26. The fourth-order valence-corrected chi connectivity index (χ4v) is 1.01. The van der Waals surface area contributed by atoms with Gasteiger partial charge in [0.2, 0.25) is 0 Å². The van der Waals surface area contributed by atoms with E-state index in [9.17, 15) is 4.39 Å². The highest BCUT2D eigenvalue weighted by Gasteiger charge is 2.07. The molecule has 1 atom stereocenters. The molecule has 0 saturated heterocycles. The molecular weight excluding hydrogens is 239 g/mol. The summed E-state index contributed by atoms with van der Waals surface area (Å²) >= 11 is 3.24. The van der Waals surface area contributed by atoms with Crippen LogP contribution in [0.25, 0.3) is 0 Å². The maximum atomic E-state index is 12.1. The van der Waals surface area contributed by atoms with Gasteiger partial charge in [-0.15, -0.1) is 0 Å². The summed E-state index contributed by atoms with van der Waals surface area (Å²) in [4.78, 5) is 0. The number of alkyl halides is 1. The van der Waals surface area contributed by atoms with Crippen LogP contribution in [0.3, 0.4) is 0 Å². The van der Waals surface area contributed by atoms with Crippen LogP contribution in [0.1, 0.15) is 0 Å². The van der Waals surface area contributed by atoms with Gasteiger partial charge in [-0.3, -0.25) is 0 Å². The predicted molar refractivity (Wildman–Crippen MR) is 50.5 cm³/mol. The van der Waals surface area contributed by atoms with Crippen LogP contribution >= 0.6 is 15.9 Å². The molecule has 0 aromatic heterocycles. The molecule has 0 aliphatic heterocycles. The topological polar surface area (TPSA) is 29.5 Å². The Balaban J connectivity index is 2.58. The summed E-state index contributed by atoms with van der Waals surface area (Å²) in [6, 6.07) is 7.88. The Morgan fingerprint density at radius 1 is 1.62 bits per heavy atom. The van der Waals surface area contributed by atoms with Gasteiger partial charge in [-0.1, -0.05) is 15.9 Å². The van der Waals surface area contributed by atoms with Crippen LogP contribution in [-0.2, 0) is 0 Å². The Morgan fingerprint density at radius 2 is 2.38 bits per heavy atom. The lowest BCUT2D eigenvalue weighted by molar-refractivity contribution is 0.0929. The Hall–Kier alpha value is -0.610. The zero-order valence-electron chi connectivity index (χ0n) is 6.84. The highest BCUT2D eigenvalue weighted by molar-refractivity contribution is 9.10. The van der Waals surface area contributed by atoms with Crippen molar-refractivity contribution in [2.24, 2.45) is 0 Å². The van der Waals surface area contributed by atoms with Crippen molar-refractivity contribution >= 4 is 15.9 Å². The highest BCUT2D eigenvalue weighted by atomic mass is 79.9. The van der Waals surface area contributed by atoms with Crippen molar-refractivity contribution in [3.05, 3.63) is 28.7 Å². The van der Waals surface area contributed by atoms with Gasteiger partial charge in [-0.2, -0.15) is 0 Å². The molecule has 0 aliphatic rings. The average Bonchev–Trinajstić information content (AvgIpc) is 2.17. The highest BCUT2D eigenvalue weighted by Crippen LogP contribution is 2.16. The van der Waals surface area contributed by atoms with Gasteiger partial charge in [0.1, 0.15) is 18.5 Å². The minimum Gasteiger partial charge on any atom is -0.485 e. The van der Waals surface area contributed by atoms with E-state index in [2.05, 4.69) is 22.0 Å². The monoisotopic (exact) mass is 247 g/mol. The summed E-state index contributed by atoms with van der Waals surface area (Å²) in [7, 11) is 0. The third kappa shape index (κ3) is 3.32. The largest absolute Gasteiger partial charge is 0.485 e. The second-order valence-corrected chi connectivity index (χ2v) is 3.36. The van der Waals surface area contributed by atoms with Crippen LogP contribution in [0.2, 0.25) is 0 Å². The van der Waals surface area contributed by atoms with Crippen LogP contribution in [0.15, 0.2) is 22.7 Å². The summed E-state index contributed by atoms with van der Waals surface area (Å²) in [5.41, 5.74) is 0. The van der Waals surface area contributed by atoms with Crippen molar-refractivity contribution in [2.75, 3.05) is 13.3 Å². The van der Waals surface area contributed by atoms with E-state index in [-0.39, 0.29) is 6.61 Å². The lowest BCUT2D eigenvalue weighted by Gasteiger charge is -2.12. The maximum Gasteiger partial charge on any atom is 0.150 e. The molecule has 2 nitrogen and oxygen atoms in total. The zero-order valence-corrected chi connectivity index (χ0v) is 8.42. The van der Waals surface area contributed by atoms with Crippen molar-refractivity contribution in [2.45, 2.75) is 6.10 Å². The number of aliphatic hydroxyl groups excluding tert-OH is 1. The van der Waals surface area contributed by atoms with Crippen molar-refractivity contribution in [1.82, 2.24) is 0 Å². The van der Waals surface area contributed by atoms with E-state index in [0.29, 0.717) is 5.75 Å². The van der Waals surface area contributed by atoms with E-state index in [4.69, 9.17) is 9.84 Å². The molecule has 0 saturated carbocycles. The summed E-state index contributed by atoms with van der Waals surface area (Å²) < 4.78 is 18.1. The fourth-order valence-electron chi connectivity index (χ4n) is 0.762. The normalized spacial score (nSPS) is 12.5. The second-order valence-electron chi connectivity index (χ2n) is 2.45. The van der Waals surface area contributed by atoms with Crippen molar-refractivity contribution in [3.63, 3.8) is 0 Å².